The highest BCUT2D eigenvalue weighted by molar-refractivity contribution is 8.09. The molecule has 1 aliphatic rings. The maximum Gasteiger partial charge on any atom is 0.313 e. The van der Waals surface area contributed by atoms with E-state index in [9.17, 15) is 9.59 Å². The predicted octanol–water partition coefficient (Wildman–Crippen LogP) is 4.10. The van der Waals surface area contributed by atoms with Gasteiger partial charge < -0.3 is 10.1 Å². The fourth-order valence-electron chi connectivity index (χ4n) is 3.25. The van der Waals surface area contributed by atoms with Gasteiger partial charge in [-0.05, 0) is 43.4 Å². The minimum atomic E-state index is -0.909. The van der Waals surface area contributed by atoms with Gasteiger partial charge in [-0.1, -0.05) is 29.8 Å². The average molecular weight is 399 g/mol. The van der Waals surface area contributed by atoms with Crippen molar-refractivity contribution in [1.82, 2.24) is 9.97 Å². The van der Waals surface area contributed by atoms with Crippen molar-refractivity contribution in [3.8, 4) is 0 Å². The van der Waals surface area contributed by atoms with Crippen LogP contribution in [-0.2, 0) is 17.6 Å². The van der Waals surface area contributed by atoms with Gasteiger partial charge >= 0.3 is 5.97 Å². The van der Waals surface area contributed by atoms with Crippen LogP contribution in [-0.4, -0.2) is 26.8 Å². The molecule has 0 unspecified atom stereocenters. The molecule has 2 heterocycles. The van der Waals surface area contributed by atoms with E-state index in [-0.39, 0.29) is 11.3 Å². The van der Waals surface area contributed by atoms with E-state index in [1.54, 1.807) is 11.3 Å². The summed E-state index contributed by atoms with van der Waals surface area (Å²) in [6, 6.07) is 7.92. The molecule has 2 aromatic heterocycles. The van der Waals surface area contributed by atoms with Crippen molar-refractivity contribution in [1.29, 1.82) is 0 Å². The van der Waals surface area contributed by atoms with Gasteiger partial charge in [0, 0.05) is 4.88 Å². The quantitative estimate of drug-likeness (QED) is 0.676. The van der Waals surface area contributed by atoms with Gasteiger partial charge in [-0.15, -0.1) is 23.1 Å². The van der Waals surface area contributed by atoms with Crippen LogP contribution in [0, 0.1) is 6.92 Å². The van der Waals surface area contributed by atoms with Crippen molar-refractivity contribution >= 4 is 50.3 Å². The molecule has 0 saturated heterocycles. The molecule has 2 N–H and O–H groups in total. The molecule has 1 aromatic carbocycles. The minimum absolute atomic E-state index is 0.0968. The summed E-state index contributed by atoms with van der Waals surface area (Å²) in [4.78, 5) is 34.0. The van der Waals surface area contributed by atoms with E-state index in [1.807, 2.05) is 37.3 Å². The molecular formula is C20H18N2O3S2. The molecule has 0 radical (unpaired) electrons. The van der Waals surface area contributed by atoms with Crippen LogP contribution in [0.5, 0.6) is 0 Å². The van der Waals surface area contributed by atoms with E-state index in [1.165, 1.54) is 4.88 Å². The van der Waals surface area contributed by atoms with Crippen molar-refractivity contribution in [2.75, 3.05) is 5.75 Å². The van der Waals surface area contributed by atoms with Crippen LogP contribution in [0.4, 0.5) is 0 Å². The number of hydrogen-bond donors (Lipinski definition) is 2. The van der Waals surface area contributed by atoms with Crippen molar-refractivity contribution < 1.29 is 9.90 Å². The second kappa shape index (κ2) is 7.32. The van der Waals surface area contributed by atoms with Crippen LogP contribution in [0.15, 0.2) is 29.1 Å². The number of hydrogen-bond acceptors (Lipinski definition) is 5. The Bertz CT molecular complexity index is 1110. The summed E-state index contributed by atoms with van der Waals surface area (Å²) in [6.07, 6.45) is 4.90. The highest BCUT2D eigenvalue weighted by Gasteiger charge is 2.22. The van der Waals surface area contributed by atoms with Gasteiger partial charge in [-0.25, -0.2) is 4.98 Å². The van der Waals surface area contributed by atoms with Crippen molar-refractivity contribution in [3.05, 3.63) is 62.0 Å². The highest BCUT2D eigenvalue weighted by atomic mass is 32.2. The third-order valence-corrected chi connectivity index (χ3v) is 6.73. The number of aromatic amines is 1. The SMILES string of the molecule is Cc1ccc(/C=C(\SCC(=O)O)c2nc3sc4c(c3c(=O)[nH]2)CCC4)cc1. The molecule has 0 saturated carbocycles. The van der Waals surface area contributed by atoms with Gasteiger partial charge in [0.1, 0.15) is 10.7 Å². The summed E-state index contributed by atoms with van der Waals surface area (Å²) in [5.74, 6) is -0.576. The first-order chi connectivity index (χ1) is 13.0. The summed E-state index contributed by atoms with van der Waals surface area (Å²) in [5, 5.41) is 9.78. The topological polar surface area (TPSA) is 83.0 Å². The summed E-state index contributed by atoms with van der Waals surface area (Å²) in [7, 11) is 0. The van der Waals surface area contributed by atoms with Gasteiger partial charge in [0.05, 0.1) is 16.0 Å². The zero-order chi connectivity index (χ0) is 19.0. The zero-order valence-corrected chi connectivity index (χ0v) is 16.4. The van der Waals surface area contributed by atoms with Gasteiger partial charge in [0.15, 0.2) is 0 Å². The minimum Gasteiger partial charge on any atom is -0.481 e. The van der Waals surface area contributed by atoms with Gasteiger partial charge in [-0.2, -0.15) is 0 Å². The lowest BCUT2D eigenvalue weighted by Gasteiger charge is -2.07. The molecule has 0 aliphatic heterocycles. The van der Waals surface area contributed by atoms with E-state index < -0.39 is 5.97 Å². The second-order valence-electron chi connectivity index (χ2n) is 6.55. The smallest absolute Gasteiger partial charge is 0.313 e. The van der Waals surface area contributed by atoms with Crippen LogP contribution < -0.4 is 5.56 Å². The second-order valence-corrected chi connectivity index (χ2v) is 8.65. The molecule has 0 atom stereocenters. The number of carbonyl (C=O) groups is 1. The third kappa shape index (κ3) is 3.70. The molecule has 138 valence electrons. The maximum absolute atomic E-state index is 12.7. The number of benzene rings is 1. The Kier molecular flexibility index (Phi) is 4.88. The number of rotatable bonds is 5. The molecule has 27 heavy (non-hydrogen) atoms. The Morgan fingerprint density at radius 2 is 2.11 bits per heavy atom. The molecule has 1 aliphatic carbocycles. The van der Waals surface area contributed by atoms with Crippen LogP contribution >= 0.6 is 23.1 Å². The number of nitrogens with zero attached hydrogens (tertiary/aromatic N) is 1. The van der Waals surface area contributed by atoms with E-state index in [0.29, 0.717) is 16.1 Å². The fraction of sp³-hybridized carbons (Fsp3) is 0.250. The van der Waals surface area contributed by atoms with Crippen molar-refractivity contribution in [2.45, 2.75) is 26.2 Å². The Balaban J connectivity index is 1.80. The van der Waals surface area contributed by atoms with Crippen LogP contribution in [0.3, 0.4) is 0 Å². The zero-order valence-electron chi connectivity index (χ0n) is 14.7. The summed E-state index contributed by atoms with van der Waals surface area (Å²) in [6.45, 7) is 2.01. The monoisotopic (exact) mass is 398 g/mol. The van der Waals surface area contributed by atoms with E-state index >= 15 is 0 Å². The number of thiophene rings is 1. The molecule has 0 amide bonds. The van der Waals surface area contributed by atoms with Crippen molar-refractivity contribution in [3.63, 3.8) is 0 Å². The summed E-state index contributed by atoms with van der Waals surface area (Å²) >= 11 is 2.74. The average Bonchev–Trinajstić information content (AvgIpc) is 3.20. The highest BCUT2D eigenvalue weighted by Crippen LogP contribution is 2.36. The molecule has 5 nitrogen and oxygen atoms in total. The molecule has 0 fully saturated rings. The molecular weight excluding hydrogens is 380 g/mol. The predicted molar refractivity (Wildman–Crippen MR) is 111 cm³/mol. The maximum atomic E-state index is 12.7. The van der Waals surface area contributed by atoms with E-state index in [2.05, 4.69) is 9.97 Å². The van der Waals surface area contributed by atoms with Gasteiger partial charge in [-0.3, -0.25) is 9.59 Å². The number of aryl methyl sites for hydroxylation is 3. The molecule has 4 rings (SSSR count). The largest absolute Gasteiger partial charge is 0.481 e. The Hall–Kier alpha value is -2.38. The van der Waals surface area contributed by atoms with Gasteiger partial charge in [0.2, 0.25) is 0 Å². The molecule has 3 aromatic rings. The summed E-state index contributed by atoms with van der Waals surface area (Å²) in [5.41, 5.74) is 3.08. The number of carboxylic acid groups (broad SMARTS) is 1. The van der Waals surface area contributed by atoms with Crippen LogP contribution in [0.2, 0.25) is 0 Å². The fourth-order valence-corrected chi connectivity index (χ4v) is 5.24. The summed E-state index contributed by atoms with van der Waals surface area (Å²) < 4.78 is 0. The number of aliphatic carboxylic acids is 1. The molecule has 0 bridgehead atoms. The Labute approximate surface area is 164 Å². The standard InChI is InChI=1S/C20H18N2O3S2/c1-11-5-7-12(8-6-11)9-15(26-10-16(23)24)18-21-19(25)17-13-3-2-4-14(13)27-20(17)22-18/h5-9H,2-4,10H2,1H3,(H,23,24)(H,21,22,25)/b15-9-. The number of nitrogens with one attached hydrogen (secondary N) is 1. The molecule has 0 spiro atoms. The number of aromatic nitrogens is 2. The number of fused-ring (bicyclic) bond motifs is 3. The normalized spacial score (nSPS) is 13.9. The Morgan fingerprint density at radius 1 is 1.33 bits per heavy atom. The van der Waals surface area contributed by atoms with E-state index in [0.717, 1.165) is 52.5 Å². The van der Waals surface area contributed by atoms with Gasteiger partial charge in [0.25, 0.3) is 5.56 Å². The Morgan fingerprint density at radius 3 is 2.85 bits per heavy atom. The molecule has 7 heteroatoms. The lowest BCUT2D eigenvalue weighted by atomic mass is 10.1. The van der Waals surface area contributed by atoms with E-state index in [4.69, 9.17) is 5.11 Å². The third-order valence-electron chi connectivity index (χ3n) is 4.53. The lowest BCUT2D eigenvalue weighted by molar-refractivity contribution is -0.133. The first-order valence-electron chi connectivity index (χ1n) is 8.69. The van der Waals surface area contributed by atoms with Crippen LogP contribution in [0.25, 0.3) is 21.2 Å². The van der Waals surface area contributed by atoms with Crippen molar-refractivity contribution in [2.24, 2.45) is 0 Å². The number of H-pyrrole nitrogens is 1. The van der Waals surface area contributed by atoms with Crippen LogP contribution in [0.1, 0.15) is 33.8 Å². The number of carboxylic acids is 1. The first kappa shape index (κ1) is 18.0. The number of thioether (sulfide) groups is 1. The first-order valence-corrected chi connectivity index (χ1v) is 10.5. The lowest BCUT2D eigenvalue weighted by Crippen LogP contribution is -2.11.